The standard InChI is InChI=1S/C17H18N2O2/c1-4-13-9-15(11(2)19-17(13)21-3)16(20)14-7-5-6-12(8-14)10-18/h5-9,16,20H,4H2,1-3H3. The molecule has 108 valence electrons. The number of aryl methyl sites for hydroxylation is 2. The van der Waals surface area contributed by atoms with Crippen LogP contribution in [0.3, 0.4) is 0 Å². The van der Waals surface area contributed by atoms with Gasteiger partial charge in [-0.25, -0.2) is 4.98 Å². The van der Waals surface area contributed by atoms with Crippen molar-refractivity contribution >= 4 is 0 Å². The molecule has 1 heterocycles. The van der Waals surface area contributed by atoms with Crippen LogP contribution in [0.5, 0.6) is 5.88 Å². The van der Waals surface area contributed by atoms with Gasteiger partial charge in [0.25, 0.3) is 0 Å². The molecule has 0 radical (unpaired) electrons. The van der Waals surface area contributed by atoms with Crippen molar-refractivity contribution in [3.05, 3.63) is 58.3 Å². The number of nitrogens with zero attached hydrogens (tertiary/aromatic N) is 2. The minimum absolute atomic E-state index is 0.529. The summed E-state index contributed by atoms with van der Waals surface area (Å²) in [6, 6.07) is 11.0. The van der Waals surface area contributed by atoms with Crippen molar-refractivity contribution in [2.24, 2.45) is 0 Å². The average Bonchev–Trinajstić information content (AvgIpc) is 2.53. The first-order valence-electron chi connectivity index (χ1n) is 6.83. The number of hydrogen-bond acceptors (Lipinski definition) is 4. The highest BCUT2D eigenvalue weighted by atomic mass is 16.5. The highest BCUT2D eigenvalue weighted by Gasteiger charge is 2.17. The molecule has 2 rings (SSSR count). The topological polar surface area (TPSA) is 66.1 Å². The van der Waals surface area contributed by atoms with E-state index in [4.69, 9.17) is 10.00 Å². The molecule has 2 aromatic rings. The van der Waals surface area contributed by atoms with Gasteiger partial charge in [-0.1, -0.05) is 19.1 Å². The summed E-state index contributed by atoms with van der Waals surface area (Å²) >= 11 is 0. The third-order valence-electron chi connectivity index (χ3n) is 3.49. The van der Waals surface area contributed by atoms with Crippen molar-refractivity contribution < 1.29 is 9.84 Å². The summed E-state index contributed by atoms with van der Waals surface area (Å²) in [7, 11) is 1.59. The van der Waals surface area contributed by atoms with E-state index in [1.165, 1.54) is 0 Å². The number of methoxy groups -OCH3 is 1. The molecule has 0 saturated heterocycles. The van der Waals surface area contributed by atoms with Gasteiger partial charge in [0.05, 0.1) is 18.7 Å². The Morgan fingerprint density at radius 3 is 2.76 bits per heavy atom. The molecule has 1 unspecified atom stereocenters. The van der Waals surface area contributed by atoms with E-state index in [9.17, 15) is 5.11 Å². The van der Waals surface area contributed by atoms with E-state index in [1.807, 2.05) is 19.9 Å². The molecule has 0 spiro atoms. The van der Waals surface area contributed by atoms with Crippen molar-refractivity contribution in [1.29, 1.82) is 5.26 Å². The SMILES string of the molecule is CCc1cc(C(O)c2cccc(C#N)c2)c(C)nc1OC. The van der Waals surface area contributed by atoms with Gasteiger partial charge in [-0.15, -0.1) is 0 Å². The molecule has 1 aromatic carbocycles. The highest BCUT2D eigenvalue weighted by molar-refractivity contribution is 5.41. The molecule has 0 fully saturated rings. The van der Waals surface area contributed by atoms with Crippen LogP contribution in [0.2, 0.25) is 0 Å². The molecule has 0 bridgehead atoms. The summed E-state index contributed by atoms with van der Waals surface area (Å²) in [6.45, 7) is 3.86. The maximum atomic E-state index is 10.6. The summed E-state index contributed by atoms with van der Waals surface area (Å²) in [5.74, 6) is 0.594. The number of rotatable bonds is 4. The van der Waals surface area contributed by atoms with E-state index in [2.05, 4.69) is 11.1 Å². The molecule has 0 amide bonds. The van der Waals surface area contributed by atoms with Gasteiger partial charge >= 0.3 is 0 Å². The van der Waals surface area contributed by atoms with E-state index in [0.717, 1.165) is 23.2 Å². The Bertz CT molecular complexity index is 690. The van der Waals surface area contributed by atoms with Crippen LogP contribution in [0.15, 0.2) is 30.3 Å². The molecule has 1 atom stereocenters. The van der Waals surface area contributed by atoms with Gasteiger partial charge in [-0.3, -0.25) is 0 Å². The van der Waals surface area contributed by atoms with Crippen molar-refractivity contribution in [3.63, 3.8) is 0 Å². The Morgan fingerprint density at radius 1 is 1.38 bits per heavy atom. The molecule has 0 aliphatic carbocycles. The predicted molar refractivity (Wildman–Crippen MR) is 80.1 cm³/mol. The van der Waals surface area contributed by atoms with Gasteiger partial charge in [-0.2, -0.15) is 5.26 Å². The van der Waals surface area contributed by atoms with Crippen molar-refractivity contribution in [2.75, 3.05) is 7.11 Å². The zero-order chi connectivity index (χ0) is 15.4. The van der Waals surface area contributed by atoms with Crippen molar-refractivity contribution in [2.45, 2.75) is 26.4 Å². The van der Waals surface area contributed by atoms with Crippen LogP contribution < -0.4 is 4.74 Å². The maximum absolute atomic E-state index is 10.6. The van der Waals surface area contributed by atoms with E-state index in [-0.39, 0.29) is 0 Å². The zero-order valence-electron chi connectivity index (χ0n) is 12.4. The molecule has 1 aromatic heterocycles. The smallest absolute Gasteiger partial charge is 0.216 e. The largest absolute Gasteiger partial charge is 0.481 e. The number of hydrogen-bond donors (Lipinski definition) is 1. The van der Waals surface area contributed by atoms with E-state index in [0.29, 0.717) is 17.0 Å². The first-order chi connectivity index (χ1) is 10.1. The van der Waals surface area contributed by atoms with Crippen LogP contribution in [0.25, 0.3) is 0 Å². The maximum Gasteiger partial charge on any atom is 0.216 e. The van der Waals surface area contributed by atoms with Crippen LogP contribution in [-0.2, 0) is 6.42 Å². The molecular formula is C17H18N2O2. The van der Waals surface area contributed by atoms with Crippen LogP contribution in [0, 0.1) is 18.3 Å². The fraction of sp³-hybridized carbons (Fsp3) is 0.294. The number of aliphatic hydroxyl groups excluding tert-OH is 1. The number of nitriles is 1. The Hall–Kier alpha value is -2.38. The molecule has 0 aliphatic rings. The molecule has 4 nitrogen and oxygen atoms in total. The molecule has 21 heavy (non-hydrogen) atoms. The number of benzene rings is 1. The van der Waals surface area contributed by atoms with Crippen molar-refractivity contribution in [1.82, 2.24) is 4.98 Å². The Morgan fingerprint density at radius 2 is 2.14 bits per heavy atom. The summed E-state index contributed by atoms with van der Waals surface area (Å²) < 4.78 is 5.26. The normalized spacial score (nSPS) is 11.8. The minimum atomic E-state index is -0.804. The average molecular weight is 282 g/mol. The third-order valence-corrected chi connectivity index (χ3v) is 3.49. The second kappa shape index (κ2) is 6.38. The molecule has 4 heteroatoms. The summed E-state index contributed by atoms with van der Waals surface area (Å²) in [4.78, 5) is 4.40. The summed E-state index contributed by atoms with van der Waals surface area (Å²) in [5, 5.41) is 19.5. The monoisotopic (exact) mass is 282 g/mol. The fourth-order valence-electron chi connectivity index (χ4n) is 2.31. The number of aliphatic hydroxyl groups is 1. The number of aromatic nitrogens is 1. The van der Waals surface area contributed by atoms with Crippen molar-refractivity contribution in [3.8, 4) is 11.9 Å². The van der Waals surface area contributed by atoms with Gasteiger partial charge < -0.3 is 9.84 Å². The van der Waals surface area contributed by atoms with Crippen LogP contribution >= 0.6 is 0 Å². The van der Waals surface area contributed by atoms with Gasteiger partial charge in [0.15, 0.2) is 0 Å². The van der Waals surface area contributed by atoms with Crippen LogP contribution in [0.1, 0.15) is 41.0 Å². The van der Waals surface area contributed by atoms with E-state index >= 15 is 0 Å². The lowest BCUT2D eigenvalue weighted by molar-refractivity contribution is 0.218. The first kappa shape index (κ1) is 15.0. The van der Waals surface area contributed by atoms with Gasteiger partial charge in [0.1, 0.15) is 6.10 Å². The molecular weight excluding hydrogens is 264 g/mol. The highest BCUT2D eigenvalue weighted by Crippen LogP contribution is 2.28. The fourth-order valence-corrected chi connectivity index (χ4v) is 2.31. The van der Waals surface area contributed by atoms with Crippen LogP contribution in [0.4, 0.5) is 0 Å². The molecule has 0 saturated carbocycles. The molecule has 0 aliphatic heterocycles. The summed E-state index contributed by atoms with van der Waals surface area (Å²) in [5.41, 5.74) is 3.63. The predicted octanol–water partition coefficient (Wildman–Crippen LogP) is 2.91. The summed E-state index contributed by atoms with van der Waals surface area (Å²) in [6.07, 6.45) is -0.0315. The minimum Gasteiger partial charge on any atom is -0.481 e. The van der Waals surface area contributed by atoms with Gasteiger partial charge in [0, 0.05) is 16.8 Å². The Labute approximate surface area is 124 Å². The van der Waals surface area contributed by atoms with E-state index in [1.54, 1.807) is 31.4 Å². The Balaban J connectivity index is 2.47. The Kier molecular flexibility index (Phi) is 4.56. The van der Waals surface area contributed by atoms with Gasteiger partial charge in [0.2, 0.25) is 5.88 Å². The lowest BCUT2D eigenvalue weighted by Crippen LogP contribution is -2.07. The number of pyridine rings is 1. The lowest BCUT2D eigenvalue weighted by Gasteiger charge is -2.17. The van der Waals surface area contributed by atoms with Gasteiger partial charge in [-0.05, 0) is 37.1 Å². The zero-order valence-corrected chi connectivity index (χ0v) is 12.4. The second-order valence-corrected chi connectivity index (χ2v) is 4.82. The third kappa shape index (κ3) is 3.04. The van der Waals surface area contributed by atoms with Crippen LogP contribution in [-0.4, -0.2) is 17.2 Å². The lowest BCUT2D eigenvalue weighted by atomic mass is 9.97. The second-order valence-electron chi connectivity index (χ2n) is 4.82. The number of ether oxygens (including phenoxy) is 1. The molecule has 1 N–H and O–H groups in total. The van der Waals surface area contributed by atoms with E-state index < -0.39 is 6.10 Å². The quantitative estimate of drug-likeness (QED) is 0.936. The first-order valence-corrected chi connectivity index (χ1v) is 6.83.